The van der Waals surface area contributed by atoms with Crippen LogP contribution in [-0.2, 0) is 0 Å². The lowest BCUT2D eigenvalue weighted by molar-refractivity contribution is 0.475. The summed E-state index contributed by atoms with van der Waals surface area (Å²) < 4.78 is 0. The van der Waals surface area contributed by atoms with Crippen molar-refractivity contribution in [2.24, 2.45) is 0 Å². The van der Waals surface area contributed by atoms with Gasteiger partial charge in [-0.15, -0.1) is 0 Å². The van der Waals surface area contributed by atoms with E-state index in [4.69, 9.17) is 0 Å². The highest BCUT2D eigenvalue weighted by atomic mass is 16.3. The van der Waals surface area contributed by atoms with E-state index >= 15 is 0 Å². The quantitative estimate of drug-likeness (QED) is 0.742. The van der Waals surface area contributed by atoms with Gasteiger partial charge >= 0.3 is 0 Å². The summed E-state index contributed by atoms with van der Waals surface area (Å²) in [5.41, 5.74) is 2.55. The molecular weight excluding hydrogens is 176 g/mol. The van der Waals surface area contributed by atoms with Crippen LogP contribution in [0.25, 0.3) is 11.3 Å². The van der Waals surface area contributed by atoms with Crippen LogP contribution in [0.2, 0.25) is 0 Å². The number of phenolic OH excluding ortho intramolecular Hbond substituents is 1. The van der Waals surface area contributed by atoms with E-state index in [1.165, 1.54) is 0 Å². The van der Waals surface area contributed by atoms with Gasteiger partial charge in [-0.25, -0.2) is 0 Å². The van der Waals surface area contributed by atoms with Crippen LogP contribution in [0.4, 0.5) is 0 Å². The van der Waals surface area contributed by atoms with E-state index in [1.54, 1.807) is 30.6 Å². The molecule has 2 rings (SSSR count). The summed E-state index contributed by atoms with van der Waals surface area (Å²) in [6, 6.07) is 7.00. The summed E-state index contributed by atoms with van der Waals surface area (Å²) in [4.78, 5) is 8.36. The monoisotopic (exact) mass is 186 g/mol. The number of aromatic hydroxyl groups is 1. The number of aromatic nitrogens is 2. The highest BCUT2D eigenvalue weighted by Gasteiger charge is 2.03. The van der Waals surface area contributed by atoms with Gasteiger partial charge in [-0.05, 0) is 19.1 Å². The summed E-state index contributed by atoms with van der Waals surface area (Å²) >= 11 is 0. The minimum atomic E-state index is 0.243. The zero-order chi connectivity index (χ0) is 9.97. The Morgan fingerprint density at radius 1 is 1.14 bits per heavy atom. The molecule has 70 valence electrons. The maximum atomic E-state index is 9.32. The van der Waals surface area contributed by atoms with Crippen LogP contribution >= 0.6 is 0 Å². The zero-order valence-electron chi connectivity index (χ0n) is 7.81. The molecule has 0 aliphatic heterocycles. The lowest BCUT2D eigenvalue weighted by Crippen LogP contribution is -1.90. The Labute approximate surface area is 82.1 Å². The van der Waals surface area contributed by atoms with Crippen LogP contribution in [-0.4, -0.2) is 15.1 Å². The van der Waals surface area contributed by atoms with Crippen molar-refractivity contribution in [3.05, 3.63) is 42.4 Å². The average molecular weight is 186 g/mol. The molecule has 0 spiro atoms. The number of aryl methyl sites for hydroxylation is 1. The highest BCUT2D eigenvalue weighted by Crippen LogP contribution is 2.22. The number of benzene rings is 1. The third kappa shape index (κ3) is 1.57. The van der Waals surface area contributed by atoms with Crippen molar-refractivity contribution >= 4 is 0 Å². The van der Waals surface area contributed by atoms with Gasteiger partial charge in [-0.2, -0.15) is 0 Å². The predicted octanol–water partition coefficient (Wildman–Crippen LogP) is 2.16. The maximum Gasteiger partial charge on any atom is 0.116 e. The van der Waals surface area contributed by atoms with Crippen molar-refractivity contribution < 1.29 is 5.11 Å². The van der Waals surface area contributed by atoms with Gasteiger partial charge in [0.05, 0.1) is 11.4 Å². The Balaban J connectivity index is 2.55. The normalized spacial score (nSPS) is 10.1. The van der Waals surface area contributed by atoms with Crippen molar-refractivity contribution in [1.29, 1.82) is 0 Å². The van der Waals surface area contributed by atoms with Crippen LogP contribution in [0.15, 0.2) is 36.7 Å². The van der Waals surface area contributed by atoms with Gasteiger partial charge in [0.1, 0.15) is 5.75 Å². The van der Waals surface area contributed by atoms with E-state index < -0.39 is 0 Å². The highest BCUT2D eigenvalue weighted by molar-refractivity contribution is 5.62. The molecule has 0 fully saturated rings. The number of nitrogens with zero attached hydrogens (tertiary/aromatic N) is 2. The number of hydrogen-bond donors (Lipinski definition) is 1. The van der Waals surface area contributed by atoms with E-state index in [9.17, 15) is 5.11 Å². The van der Waals surface area contributed by atoms with E-state index in [1.807, 2.05) is 13.0 Å². The Morgan fingerprint density at radius 2 is 1.93 bits per heavy atom. The van der Waals surface area contributed by atoms with Gasteiger partial charge < -0.3 is 5.11 Å². The van der Waals surface area contributed by atoms with E-state index in [2.05, 4.69) is 9.97 Å². The fourth-order valence-electron chi connectivity index (χ4n) is 1.34. The fourth-order valence-corrected chi connectivity index (χ4v) is 1.34. The fraction of sp³-hybridized carbons (Fsp3) is 0.0909. The topological polar surface area (TPSA) is 46.0 Å². The Hall–Kier alpha value is -1.90. The lowest BCUT2D eigenvalue weighted by atomic mass is 10.1. The first-order chi connectivity index (χ1) is 6.77. The molecule has 3 nitrogen and oxygen atoms in total. The molecule has 1 N–H and O–H groups in total. The zero-order valence-corrected chi connectivity index (χ0v) is 7.81. The van der Waals surface area contributed by atoms with Crippen molar-refractivity contribution in [3.63, 3.8) is 0 Å². The van der Waals surface area contributed by atoms with E-state index in [-0.39, 0.29) is 5.75 Å². The molecule has 0 radical (unpaired) electrons. The minimum Gasteiger partial charge on any atom is -0.508 e. The van der Waals surface area contributed by atoms with Gasteiger partial charge in [0.15, 0.2) is 0 Å². The Morgan fingerprint density at radius 3 is 2.64 bits per heavy atom. The Kier molecular flexibility index (Phi) is 2.14. The molecule has 1 aromatic carbocycles. The number of hydrogen-bond acceptors (Lipinski definition) is 3. The van der Waals surface area contributed by atoms with E-state index in [0.29, 0.717) is 0 Å². The van der Waals surface area contributed by atoms with Crippen molar-refractivity contribution in [2.75, 3.05) is 0 Å². The molecule has 2 aromatic rings. The van der Waals surface area contributed by atoms with Crippen LogP contribution in [0, 0.1) is 6.92 Å². The van der Waals surface area contributed by atoms with E-state index in [0.717, 1.165) is 17.0 Å². The third-order valence-electron chi connectivity index (χ3n) is 2.00. The summed E-state index contributed by atoms with van der Waals surface area (Å²) in [5, 5.41) is 9.32. The van der Waals surface area contributed by atoms with Crippen LogP contribution in [0.3, 0.4) is 0 Å². The molecule has 0 aliphatic carbocycles. The predicted molar refractivity (Wildman–Crippen MR) is 53.9 cm³/mol. The second-order valence-electron chi connectivity index (χ2n) is 3.04. The molecule has 0 saturated heterocycles. The molecule has 0 atom stereocenters. The third-order valence-corrected chi connectivity index (χ3v) is 2.00. The first-order valence-corrected chi connectivity index (χ1v) is 4.34. The van der Waals surface area contributed by atoms with Gasteiger partial charge in [0.2, 0.25) is 0 Å². The minimum absolute atomic E-state index is 0.243. The SMILES string of the molecule is Cc1nccnc1-c1cccc(O)c1. The van der Waals surface area contributed by atoms with Crippen LogP contribution < -0.4 is 0 Å². The molecule has 1 aromatic heterocycles. The summed E-state index contributed by atoms with van der Waals surface area (Å²) in [7, 11) is 0. The van der Waals surface area contributed by atoms with Crippen LogP contribution in [0.5, 0.6) is 5.75 Å². The Bertz CT molecular complexity index is 455. The molecule has 0 aliphatic rings. The van der Waals surface area contributed by atoms with Gasteiger partial charge in [0, 0.05) is 18.0 Å². The molecule has 3 heteroatoms. The number of rotatable bonds is 1. The molecule has 0 bridgehead atoms. The summed E-state index contributed by atoms with van der Waals surface area (Å²) in [6.07, 6.45) is 3.30. The molecular formula is C11H10N2O. The molecule has 0 amide bonds. The second kappa shape index (κ2) is 3.46. The van der Waals surface area contributed by atoms with Gasteiger partial charge in [-0.3, -0.25) is 9.97 Å². The van der Waals surface area contributed by atoms with Crippen molar-refractivity contribution in [3.8, 4) is 17.0 Å². The second-order valence-corrected chi connectivity index (χ2v) is 3.04. The summed E-state index contributed by atoms with van der Waals surface area (Å²) in [5.74, 6) is 0.243. The first kappa shape index (κ1) is 8.69. The molecule has 1 heterocycles. The largest absolute Gasteiger partial charge is 0.508 e. The molecule has 0 unspecified atom stereocenters. The van der Waals surface area contributed by atoms with Gasteiger partial charge in [-0.1, -0.05) is 12.1 Å². The van der Waals surface area contributed by atoms with Crippen molar-refractivity contribution in [1.82, 2.24) is 9.97 Å². The summed E-state index contributed by atoms with van der Waals surface area (Å²) in [6.45, 7) is 1.90. The van der Waals surface area contributed by atoms with Crippen LogP contribution in [0.1, 0.15) is 5.69 Å². The van der Waals surface area contributed by atoms with Gasteiger partial charge in [0.25, 0.3) is 0 Å². The smallest absolute Gasteiger partial charge is 0.116 e. The average Bonchev–Trinajstić information content (AvgIpc) is 2.18. The standard InChI is InChI=1S/C11H10N2O/c1-8-11(13-6-5-12-8)9-3-2-4-10(14)7-9/h2-7,14H,1H3. The molecule has 14 heavy (non-hydrogen) atoms. The lowest BCUT2D eigenvalue weighted by Gasteiger charge is -2.03. The number of phenols is 1. The van der Waals surface area contributed by atoms with Crippen molar-refractivity contribution in [2.45, 2.75) is 6.92 Å². The first-order valence-electron chi connectivity index (χ1n) is 4.34. The molecule has 0 saturated carbocycles. The maximum absolute atomic E-state index is 9.32.